The summed E-state index contributed by atoms with van der Waals surface area (Å²) in [5.41, 5.74) is 4.08. The van der Waals surface area contributed by atoms with Crippen LogP contribution in [0.5, 0.6) is 0 Å². The summed E-state index contributed by atoms with van der Waals surface area (Å²) in [6, 6.07) is 12.0. The van der Waals surface area contributed by atoms with E-state index < -0.39 is 5.97 Å². The maximum absolute atomic E-state index is 10.8. The van der Waals surface area contributed by atoms with E-state index in [0.29, 0.717) is 5.69 Å². The fourth-order valence-corrected chi connectivity index (χ4v) is 1.57. The van der Waals surface area contributed by atoms with Gasteiger partial charge in [-0.15, -0.1) is 6.42 Å². The van der Waals surface area contributed by atoms with Gasteiger partial charge in [-0.2, -0.15) is 0 Å². The van der Waals surface area contributed by atoms with E-state index in [1.165, 1.54) is 24.3 Å². The fraction of sp³-hybridized carbons (Fsp3) is 0.0588. The van der Waals surface area contributed by atoms with Crippen LogP contribution in [0.15, 0.2) is 48.7 Å². The van der Waals surface area contributed by atoms with E-state index in [1.807, 2.05) is 0 Å². The molecule has 1 aromatic rings. The third-order valence-electron chi connectivity index (χ3n) is 2.69. The highest BCUT2D eigenvalue weighted by atomic mass is 16.5. The molecule has 20 heavy (non-hydrogen) atoms. The number of pyridine rings is 1. The fourth-order valence-electron chi connectivity index (χ4n) is 1.57. The lowest BCUT2D eigenvalue weighted by Gasteiger charge is -1.95. The molecule has 0 amide bonds. The Morgan fingerprint density at radius 2 is 2.05 bits per heavy atom. The summed E-state index contributed by atoms with van der Waals surface area (Å²) in [6.07, 6.45) is 9.71. The van der Waals surface area contributed by atoms with Gasteiger partial charge in [-0.05, 0) is 35.3 Å². The number of terminal acetylenes is 1. The van der Waals surface area contributed by atoms with Crippen LogP contribution in [-0.2, 0) is 9.53 Å². The molecule has 0 fully saturated rings. The first-order valence-corrected chi connectivity index (χ1v) is 6.02. The molecule has 0 aliphatic heterocycles. The molecule has 0 aromatic carbocycles. The second-order valence-corrected chi connectivity index (χ2v) is 4.02. The quantitative estimate of drug-likeness (QED) is 0.405. The monoisotopic (exact) mass is 263 g/mol. The Bertz CT molecular complexity index is 679. The first-order chi connectivity index (χ1) is 9.74. The van der Waals surface area contributed by atoms with Gasteiger partial charge in [0.2, 0.25) is 0 Å². The third-order valence-corrected chi connectivity index (χ3v) is 2.69. The van der Waals surface area contributed by atoms with Crippen molar-refractivity contribution in [2.45, 2.75) is 0 Å². The summed E-state index contributed by atoms with van der Waals surface area (Å²) in [5.74, 6) is 2.00. The van der Waals surface area contributed by atoms with Crippen LogP contribution in [0.1, 0.15) is 11.3 Å². The average Bonchev–Trinajstić information content (AvgIpc) is 3.11. The highest BCUT2D eigenvalue weighted by molar-refractivity contribution is 5.87. The van der Waals surface area contributed by atoms with Gasteiger partial charge >= 0.3 is 5.97 Å². The molecule has 0 spiro atoms. The lowest BCUT2D eigenvalue weighted by molar-refractivity contribution is -0.134. The summed E-state index contributed by atoms with van der Waals surface area (Å²) < 4.78 is 4.45. The van der Waals surface area contributed by atoms with Gasteiger partial charge in [-0.3, -0.25) is 0 Å². The summed E-state index contributed by atoms with van der Waals surface area (Å²) in [4.78, 5) is 14.8. The molecule has 0 bridgehead atoms. The Balaban J connectivity index is 0.000000198. The maximum Gasteiger partial charge on any atom is 0.330 e. The number of carbonyl (C=O) groups excluding carboxylic acids is 1. The summed E-state index contributed by atoms with van der Waals surface area (Å²) in [5, 5.41) is 0. The molecular formula is C17H13NO2. The normalized spacial score (nSPS) is 10.2. The number of ether oxygens (including phenoxy) is 1. The Hall–Kier alpha value is -2.86. The molecule has 3 rings (SSSR count). The molecule has 98 valence electrons. The van der Waals surface area contributed by atoms with Crippen LogP contribution >= 0.6 is 0 Å². The minimum atomic E-state index is -0.420. The van der Waals surface area contributed by atoms with Crippen molar-refractivity contribution >= 4 is 12.0 Å². The van der Waals surface area contributed by atoms with Crippen LogP contribution in [0.2, 0.25) is 0 Å². The zero-order valence-corrected chi connectivity index (χ0v) is 11.0. The molecule has 2 aliphatic rings. The number of methoxy groups -OCH3 is 1. The number of benzene rings is 1. The van der Waals surface area contributed by atoms with Gasteiger partial charge < -0.3 is 4.74 Å². The number of esters is 1. The van der Waals surface area contributed by atoms with E-state index in [4.69, 9.17) is 6.42 Å². The minimum absolute atomic E-state index is 0.420. The highest BCUT2D eigenvalue weighted by Gasteiger charge is 2.06. The average molecular weight is 263 g/mol. The standard InChI is InChI=1S/C11H9NO2.C6H4/c1-3-10-9(5-4-8-12-10)6-7-11(13)14-2;1-2-5-4-6(5)3-1/h1,4-8H,2H3;1-4H. The topological polar surface area (TPSA) is 39.2 Å². The summed E-state index contributed by atoms with van der Waals surface area (Å²) in [6.45, 7) is 0. The largest absolute Gasteiger partial charge is 0.466 e. The molecule has 2 aliphatic carbocycles. The van der Waals surface area contributed by atoms with Crippen molar-refractivity contribution in [1.82, 2.24) is 4.98 Å². The molecule has 1 aromatic heterocycles. The van der Waals surface area contributed by atoms with E-state index in [9.17, 15) is 4.79 Å². The van der Waals surface area contributed by atoms with Gasteiger partial charge in [0.25, 0.3) is 0 Å². The Labute approximate surface area is 117 Å². The van der Waals surface area contributed by atoms with Crippen LogP contribution in [-0.4, -0.2) is 18.1 Å². The van der Waals surface area contributed by atoms with Gasteiger partial charge in [-0.1, -0.05) is 24.3 Å². The molecule has 0 saturated heterocycles. The number of hydrogen-bond acceptors (Lipinski definition) is 3. The molecule has 1 heterocycles. The van der Waals surface area contributed by atoms with Crippen molar-refractivity contribution in [3.8, 4) is 23.5 Å². The number of nitrogens with zero attached hydrogens (tertiary/aromatic N) is 1. The number of rotatable bonds is 2. The second kappa shape index (κ2) is 6.35. The summed E-state index contributed by atoms with van der Waals surface area (Å²) >= 11 is 0. The van der Waals surface area contributed by atoms with Crippen molar-refractivity contribution in [2.75, 3.05) is 7.11 Å². The van der Waals surface area contributed by atoms with Crippen LogP contribution in [0, 0.1) is 12.3 Å². The molecule has 3 nitrogen and oxygen atoms in total. The Kier molecular flexibility index (Phi) is 4.31. The van der Waals surface area contributed by atoms with E-state index in [0.717, 1.165) is 5.56 Å². The van der Waals surface area contributed by atoms with E-state index in [2.05, 4.69) is 39.9 Å². The van der Waals surface area contributed by atoms with E-state index in [1.54, 1.807) is 24.4 Å². The van der Waals surface area contributed by atoms with Crippen LogP contribution in [0.25, 0.3) is 17.2 Å². The van der Waals surface area contributed by atoms with Gasteiger partial charge in [0.15, 0.2) is 0 Å². The first-order valence-electron chi connectivity index (χ1n) is 6.02. The first kappa shape index (κ1) is 13.6. The predicted octanol–water partition coefficient (Wildman–Crippen LogP) is 2.92. The number of hydrogen-bond donors (Lipinski definition) is 0. The summed E-state index contributed by atoms with van der Waals surface area (Å²) in [7, 11) is 1.32. The van der Waals surface area contributed by atoms with Gasteiger partial charge in [0, 0.05) is 17.8 Å². The zero-order chi connectivity index (χ0) is 14.4. The highest BCUT2D eigenvalue weighted by Crippen LogP contribution is 2.32. The SMILES string of the molecule is C#Cc1ncccc1C=CC(=O)OC.c1cc2cc-2c1. The Morgan fingerprint density at radius 3 is 2.55 bits per heavy atom. The molecule has 0 atom stereocenters. The minimum Gasteiger partial charge on any atom is -0.466 e. The van der Waals surface area contributed by atoms with Gasteiger partial charge in [0.1, 0.15) is 5.69 Å². The van der Waals surface area contributed by atoms with Gasteiger partial charge in [-0.25, -0.2) is 9.78 Å². The smallest absolute Gasteiger partial charge is 0.330 e. The molecule has 0 saturated carbocycles. The van der Waals surface area contributed by atoms with Gasteiger partial charge in [0.05, 0.1) is 7.11 Å². The number of carbonyl (C=O) groups is 1. The van der Waals surface area contributed by atoms with Crippen LogP contribution in [0.3, 0.4) is 0 Å². The molecule has 0 unspecified atom stereocenters. The Morgan fingerprint density at radius 1 is 1.30 bits per heavy atom. The predicted molar refractivity (Wildman–Crippen MR) is 78.7 cm³/mol. The van der Waals surface area contributed by atoms with Crippen LogP contribution in [0.4, 0.5) is 0 Å². The van der Waals surface area contributed by atoms with Crippen molar-refractivity contribution < 1.29 is 9.53 Å². The van der Waals surface area contributed by atoms with E-state index in [-0.39, 0.29) is 0 Å². The molecule has 0 radical (unpaired) electrons. The van der Waals surface area contributed by atoms with Crippen LogP contribution < -0.4 is 0 Å². The van der Waals surface area contributed by atoms with Crippen molar-refractivity contribution in [3.63, 3.8) is 0 Å². The lowest BCUT2D eigenvalue weighted by atomic mass is 10.2. The zero-order valence-electron chi connectivity index (χ0n) is 11.0. The molecule has 3 heteroatoms. The van der Waals surface area contributed by atoms with Crippen molar-refractivity contribution in [2.24, 2.45) is 0 Å². The number of fused-ring (bicyclic) bond motifs is 1. The van der Waals surface area contributed by atoms with Crippen molar-refractivity contribution in [3.05, 3.63) is 59.9 Å². The van der Waals surface area contributed by atoms with E-state index >= 15 is 0 Å². The lowest BCUT2D eigenvalue weighted by Crippen LogP contribution is -1.94. The third kappa shape index (κ3) is 3.56. The maximum atomic E-state index is 10.8. The molecular weight excluding hydrogens is 250 g/mol. The number of aromatic nitrogens is 1. The van der Waals surface area contributed by atoms with Crippen molar-refractivity contribution in [1.29, 1.82) is 0 Å². The second-order valence-electron chi connectivity index (χ2n) is 4.02. The molecule has 0 N–H and O–H groups in total.